The van der Waals surface area contributed by atoms with Crippen LogP contribution >= 0.6 is 0 Å². The van der Waals surface area contributed by atoms with Gasteiger partial charge in [0.15, 0.2) is 5.54 Å². The van der Waals surface area contributed by atoms with E-state index in [1.54, 1.807) is 6.07 Å². The molecule has 156 valence electrons. The highest BCUT2D eigenvalue weighted by atomic mass is 32.2. The average molecular weight is 420 g/mol. The van der Waals surface area contributed by atoms with Crippen molar-refractivity contribution in [2.45, 2.75) is 25.8 Å². The number of hydrogen-bond donors (Lipinski definition) is 4. The van der Waals surface area contributed by atoms with Crippen molar-refractivity contribution in [2.75, 3.05) is 18.1 Å². The molecule has 8 nitrogen and oxygen atoms in total. The van der Waals surface area contributed by atoms with E-state index in [2.05, 4.69) is 15.4 Å². The van der Waals surface area contributed by atoms with Crippen LogP contribution in [0.5, 0.6) is 0 Å². The van der Waals surface area contributed by atoms with Gasteiger partial charge >= 0.3 is 12.0 Å². The minimum atomic E-state index is -3.82. The molecule has 9 heteroatoms. The third-order valence-electron chi connectivity index (χ3n) is 4.28. The van der Waals surface area contributed by atoms with Gasteiger partial charge in [-0.05, 0) is 30.5 Å². The predicted molar refractivity (Wildman–Crippen MR) is 112 cm³/mol. The van der Waals surface area contributed by atoms with Crippen molar-refractivity contribution in [3.8, 4) is 11.1 Å². The molecule has 1 unspecified atom stereocenters. The lowest BCUT2D eigenvalue weighted by molar-refractivity contribution is -0.143. The molecule has 0 aromatic heterocycles. The lowest BCUT2D eigenvalue weighted by Crippen LogP contribution is -2.49. The zero-order valence-corrected chi connectivity index (χ0v) is 17.3. The van der Waals surface area contributed by atoms with Gasteiger partial charge in [-0.25, -0.2) is 18.0 Å². The summed E-state index contributed by atoms with van der Waals surface area (Å²) in [5.41, 5.74) is 0.135. The number of nitrogens with one attached hydrogen (secondary N) is 3. The fraction of sp³-hybridized carbons (Fsp3) is 0.300. The van der Waals surface area contributed by atoms with Crippen LogP contribution in [0.25, 0.3) is 11.1 Å². The molecular formula is C20H25N3O5S. The Kier molecular flexibility index (Phi) is 6.99. The molecule has 4 N–H and O–H groups in total. The van der Waals surface area contributed by atoms with Gasteiger partial charge in [0.2, 0.25) is 10.0 Å². The van der Waals surface area contributed by atoms with Gasteiger partial charge in [-0.2, -0.15) is 4.72 Å². The van der Waals surface area contributed by atoms with Crippen LogP contribution in [-0.2, 0) is 20.4 Å². The van der Waals surface area contributed by atoms with Crippen LogP contribution < -0.4 is 15.4 Å². The zero-order chi connectivity index (χ0) is 21.7. The standard InChI is InChI=1S/C20H25N3O5S/c1-4-12-21-19(26)22-17-13-15(20(2,18(24)25)23-29(3,27)28)10-11-16(17)14-8-6-5-7-9-14/h5-11,13,23H,4,12H2,1-3H3,(H,24,25)(H2,21,22,26). The SMILES string of the molecule is CCCNC(=O)Nc1cc(C(C)(NS(C)(=O)=O)C(=O)O)ccc1-c1ccccc1. The molecule has 0 aliphatic rings. The van der Waals surface area contributed by atoms with Crippen LogP contribution in [0.1, 0.15) is 25.8 Å². The summed E-state index contributed by atoms with van der Waals surface area (Å²) in [4.78, 5) is 24.1. The maximum absolute atomic E-state index is 12.2. The summed E-state index contributed by atoms with van der Waals surface area (Å²) in [5.74, 6) is -1.36. The van der Waals surface area contributed by atoms with E-state index < -0.39 is 27.6 Å². The Balaban J connectivity index is 2.57. The van der Waals surface area contributed by atoms with Gasteiger partial charge in [0, 0.05) is 12.1 Å². The number of hydrogen-bond acceptors (Lipinski definition) is 4. The van der Waals surface area contributed by atoms with E-state index in [-0.39, 0.29) is 5.56 Å². The number of carbonyl (C=O) groups excluding carboxylic acids is 1. The van der Waals surface area contributed by atoms with Gasteiger partial charge < -0.3 is 15.7 Å². The number of benzene rings is 2. The molecule has 0 aliphatic carbocycles. The van der Waals surface area contributed by atoms with Crippen LogP contribution in [0.15, 0.2) is 48.5 Å². The summed E-state index contributed by atoms with van der Waals surface area (Å²) in [7, 11) is -3.82. The van der Waals surface area contributed by atoms with Gasteiger partial charge in [-0.15, -0.1) is 0 Å². The molecule has 0 spiro atoms. The van der Waals surface area contributed by atoms with E-state index in [0.717, 1.165) is 18.2 Å². The Morgan fingerprint density at radius 3 is 2.31 bits per heavy atom. The first-order valence-corrected chi connectivity index (χ1v) is 10.9. The second kappa shape index (κ2) is 9.06. The highest BCUT2D eigenvalue weighted by Crippen LogP contribution is 2.33. The summed E-state index contributed by atoms with van der Waals surface area (Å²) in [5, 5.41) is 15.1. The van der Waals surface area contributed by atoms with Crippen molar-refractivity contribution < 1.29 is 23.1 Å². The van der Waals surface area contributed by atoms with Crippen molar-refractivity contribution in [1.82, 2.24) is 10.0 Å². The second-order valence-corrected chi connectivity index (χ2v) is 8.56. The number of sulfonamides is 1. The minimum absolute atomic E-state index is 0.181. The number of aliphatic carboxylic acids is 1. The van der Waals surface area contributed by atoms with Crippen molar-refractivity contribution >= 4 is 27.7 Å². The van der Waals surface area contributed by atoms with Gasteiger partial charge in [0.05, 0.1) is 11.9 Å². The number of urea groups is 1. The predicted octanol–water partition coefficient (Wildman–Crippen LogP) is 2.73. The Morgan fingerprint density at radius 2 is 1.76 bits per heavy atom. The van der Waals surface area contributed by atoms with Crippen LogP contribution in [-0.4, -0.2) is 38.3 Å². The molecule has 2 amide bonds. The second-order valence-electron chi connectivity index (χ2n) is 6.81. The smallest absolute Gasteiger partial charge is 0.329 e. The monoisotopic (exact) mass is 419 g/mol. The number of anilines is 1. The van der Waals surface area contributed by atoms with E-state index in [1.807, 2.05) is 37.3 Å². The van der Waals surface area contributed by atoms with Crippen LogP contribution in [0.4, 0.5) is 10.5 Å². The van der Waals surface area contributed by atoms with Gasteiger partial charge in [-0.3, -0.25) is 0 Å². The molecule has 1 atom stereocenters. The fourth-order valence-corrected chi connectivity index (χ4v) is 3.78. The highest BCUT2D eigenvalue weighted by molar-refractivity contribution is 7.88. The number of rotatable bonds is 8. The van der Waals surface area contributed by atoms with Crippen molar-refractivity contribution in [3.63, 3.8) is 0 Å². The average Bonchev–Trinajstić information content (AvgIpc) is 2.65. The third kappa shape index (κ3) is 5.78. The Hall–Kier alpha value is -2.91. The maximum Gasteiger partial charge on any atom is 0.329 e. The van der Waals surface area contributed by atoms with Crippen LogP contribution in [0.3, 0.4) is 0 Å². The number of amides is 2. The first-order valence-electron chi connectivity index (χ1n) is 9.04. The third-order valence-corrected chi connectivity index (χ3v) is 5.06. The quantitative estimate of drug-likeness (QED) is 0.524. The largest absolute Gasteiger partial charge is 0.480 e. The molecule has 2 aromatic rings. The van der Waals surface area contributed by atoms with Crippen LogP contribution in [0.2, 0.25) is 0 Å². The van der Waals surface area contributed by atoms with E-state index in [0.29, 0.717) is 17.8 Å². The highest BCUT2D eigenvalue weighted by Gasteiger charge is 2.38. The van der Waals surface area contributed by atoms with Gasteiger partial charge in [-0.1, -0.05) is 49.4 Å². The Morgan fingerprint density at radius 1 is 1.10 bits per heavy atom. The van der Waals surface area contributed by atoms with E-state index in [9.17, 15) is 23.1 Å². The van der Waals surface area contributed by atoms with Crippen molar-refractivity contribution in [1.29, 1.82) is 0 Å². The molecule has 0 heterocycles. The molecule has 0 fully saturated rings. The number of carbonyl (C=O) groups is 2. The molecule has 0 saturated heterocycles. The molecule has 0 saturated carbocycles. The molecule has 0 aliphatic heterocycles. The van der Waals surface area contributed by atoms with Crippen molar-refractivity contribution in [2.24, 2.45) is 0 Å². The number of carboxylic acids is 1. The normalized spacial score (nSPS) is 13.3. The summed E-state index contributed by atoms with van der Waals surface area (Å²) >= 11 is 0. The first kappa shape index (κ1) is 22.4. The van der Waals surface area contributed by atoms with E-state index in [4.69, 9.17) is 0 Å². The fourth-order valence-electron chi connectivity index (χ4n) is 2.83. The zero-order valence-electron chi connectivity index (χ0n) is 16.5. The Bertz CT molecular complexity index is 992. The molecule has 0 bridgehead atoms. The summed E-state index contributed by atoms with van der Waals surface area (Å²) in [6, 6.07) is 13.5. The summed E-state index contributed by atoms with van der Waals surface area (Å²) in [6.07, 6.45) is 1.65. The first-order chi connectivity index (χ1) is 13.6. The summed E-state index contributed by atoms with van der Waals surface area (Å²) in [6.45, 7) is 3.66. The Labute approximate surface area is 170 Å². The van der Waals surface area contributed by atoms with Crippen molar-refractivity contribution in [3.05, 3.63) is 54.1 Å². The maximum atomic E-state index is 12.2. The van der Waals surface area contributed by atoms with E-state index >= 15 is 0 Å². The van der Waals surface area contributed by atoms with Gasteiger partial charge in [0.1, 0.15) is 0 Å². The molecule has 2 aromatic carbocycles. The molecule has 2 rings (SSSR count). The molecule has 29 heavy (non-hydrogen) atoms. The number of carboxylic acid groups (broad SMARTS) is 1. The summed E-state index contributed by atoms with van der Waals surface area (Å²) < 4.78 is 25.6. The minimum Gasteiger partial charge on any atom is -0.480 e. The molecule has 0 radical (unpaired) electrons. The topological polar surface area (TPSA) is 125 Å². The van der Waals surface area contributed by atoms with E-state index in [1.165, 1.54) is 19.1 Å². The van der Waals surface area contributed by atoms with Crippen LogP contribution in [0, 0.1) is 0 Å². The lowest BCUT2D eigenvalue weighted by atomic mass is 9.90. The lowest BCUT2D eigenvalue weighted by Gasteiger charge is -2.27. The molecular weight excluding hydrogens is 394 g/mol. The van der Waals surface area contributed by atoms with Gasteiger partial charge in [0.25, 0.3) is 0 Å².